The van der Waals surface area contributed by atoms with Gasteiger partial charge in [-0.05, 0) is 51.5 Å². The number of carbonyl (C=O) groups excluding carboxylic acids is 3. The van der Waals surface area contributed by atoms with Crippen molar-refractivity contribution in [3.63, 3.8) is 0 Å². The highest BCUT2D eigenvalue weighted by Gasteiger charge is 2.15. The minimum absolute atomic E-state index is 0.112. The molecule has 0 spiro atoms. The van der Waals surface area contributed by atoms with E-state index >= 15 is 0 Å². The molecular formula is C20H27NO6. The fourth-order valence-electron chi connectivity index (χ4n) is 2.03. The van der Waals surface area contributed by atoms with Crippen molar-refractivity contribution in [2.24, 2.45) is 0 Å². The van der Waals surface area contributed by atoms with Crippen LogP contribution in [0.15, 0.2) is 24.3 Å². The van der Waals surface area contributed by atoms with Crippen LogP contribution in [0.3, 0.4) is 0 Å². The van der Waals surface area contributed by atoms with Gasteiger partial charge in [0.15, 0.2) is 17.3 Å². The van der Waals surface area contributed by atoms with Gasteiger partial charge in [0.25, 0.3) is 0 Å². The van der Waals surface area contributed by atoms with Crippen LogP contribution in [0.5, 0.6) is 11.5 Å². The lowest BCUT2D eigenvalue weighted by Crippen LogP contribution is -2.34. The zero-order valence-corrected chi connectivity index (χ0v) is 16.5. The van der Waals surface area contributed by atoms with Gasteiger partial charge in [0, 0.05) is 0 Å². The van der Waals surface area contributed by atoms with E-state index < -0.39 is 11.7 Å². The van der Waals surface area contributed by atoms with Crippen molar-refractivity contribution in [3.8, 4) is 11.5 Å². The number of methoxy groups -OCH3 is 1. The molecule has 0 bridgehead atoms. The number of Topliss-reactive ketones (excluding diaryl/α,β-unsaturated/α-hetero) is 1. The molecule has 0 radical (unpaired) electrons. The Labute approximate surface area is 159 Å². The number of benzene rings is 1. The predicted octanol–water partition coefficient (Wildman–Crippen LogP) is 3.16. The maximum Gasteiger partial charge on any atom is 0.407 e. The van der Waals surface area contributed by atoms with Gasteiger partial charge in [0.2, 0.25) is 0 Å². The molecule has 1 N–H and O–H groups in total. The molecular weight excluding hydrogens is 350 g/mol. The molecule has 1 aromatic rings. The molecule has 7 heteroatoms. The Bertz CT molecular complexity index is 703. The lowest BCUT2D eigenvalue weighted by atomic mass is 10.1. The summed E-state index contributed by atoms with van der Waals surface area (Å²) in [5.74, 6) is 0.574. The lowest BCUT2D eigenvalue weighted by molar-refractivity contribution is -0.123. The van der Waals surface area contributed by atoms with Crippen molar-refractivity contribution in [1.82, 2.24) is 5.32 Å². The number of alkyl carbamates (subject to hydrolysis) is 1. The van der Waals surface area contributed by atoms with Crippen molar-refractivity contribution in [1.29, 1.82) is 0 Å². The number of hydrogen-bond donors (Lipinski definition) is 1. The van der Waals surface area contributed by atoms with Gasteiger partial charge in [-0.15, -0.1) is 0 Å². The molecule has 0 aliphatic heterocycles. The van der Waals surface area contributed by atoms with Gasteiger partial charge in [0.1, 0.15) is 18.0 Å². The second-order valence-electron chi connectivity index (χ2n) is 6.87. The lowest BCUT2D eigenvalue weighted by Gasteiger charge is -2.19. The van der Waals surface area contributed by atoms with E-state index in [0.29, 0.717) is 11.5 Å². The van der Waals surface area contributed by atoms with E-state index in [0.717, 1.165) is 5.56 Å². The van der Waals surface area contributed by atoms with E-state index in [1.165, 1.54) is 20.1 Å². The summed E-state index contributed by atoms with van der Waals surface area (Å²) >= 11 is 0. The van der Waals surface area contributed by atoms with E-state index in [2.05, 4.69) is 5.32 Å². The first kappa shape index (κ1) is 22.2. The van der Waals surface area contributed by atoms with E-state index in [9.17, 15) is 14.4 Å². The van der Waals surface area contributed by atoms with Crippen LogP contribution in [-0.4, -0.2) is 43.5 Å². The third kappa shape index (κ3) is 9.44. The molecule has 0 unspecified atom stereocenters. The number of rotatable bonds is 9. The number of carbonyl (C=O) groups is 3. The monoisotopic (exact) mass is 377 g/mol. The van der Waals surface area contributed by atoms with Crippen molar-refractivity contribution >= 4 is 23.7 Å². The molecule has 0 aromatic heterocycles. The second kappa shape index (κ2) is 10.4. The maximum absolute atomic E-state index is 11.6. The Morgan fingerprint density at radius 1 is 1.15 bits per heavy atom. The number of nitrogens with one attached hydrogen (secondary N) is 1. The fourth-order valence-corrected chi connectivity index (χ4v) is 2.03. The fraction of sp³-hybridized carbons (Fsp3) is 0.450. The summed E-state index contributed by atoms with van der Waals surface area (Å²) in [5.41, 5.74) is 0.187. The van der Waals surface area contributed by atoms with Crippen LogP contribution < -0.4 is 14.8 Å². The summed E-state index contributed by atoms with van der Waals surface area (Å²) in [6.07, 6.45) is 2.36. The molecule has 0 heterocycles. The average molecular weight is 377 g/mol. The summed E-state index contributed by atoms with van der Waals surface area (Å²) in [6, 6.07) is 5.19. The Hall–Kier alpha value is -2.83. The minimum Gasteiger partial charge on any atom is -0.493 e. The molecule has 1 rings (SSSR count). The summed E-state index contributed by atoms with van der Waals surface area (Å²) in [6.45, 7) is 7.26. The molecule has 1 aromatic carbocycles. The number of allylic oxidation sites excluding steroid dienone is 1. The maximum atomic E-state index is 11.6. The van der Waals surface area contributed by atoms with Crippen molar-refractivity contribution in [2.45, 2.75) is 39.7 Å². The van der Waals surface area contributed by atoms with Crippen LogP contribution in [0.1, 0.15) is 39.7 Å². The van der Waals surface area contributed by atoms with Gasteiger partial charge < -0.3 is 19.5 Å². The first-order valence-electron chi connectivity index (χ1n) is 8.59. The van der Waals surface area contributed by atoms with Crippen LogP contribution in [-0.2, 0) is 14.3 Å². The smallest absolute Gasteiger partial charge is 0.407 e. The number of hydrogen-bond acceptors (Lipinski definition) is 6. The highest BCUT2D eigenvalue weighted by molar-refractivity contribution is 6.05. The Morgan fingerprint density at radius 3 is 2.44 bits per heavy atom. The molecule has 0 atom stereocenters. The first-order valence-corrected chi connectivity index (χ1v) is 8.59. The van der Waals surface area contributed by atoms with Crippen LogP contribution in [0.4, 0.5) is 4.79 Å². The molecule has 7 nitrogen and oxygen atoms in total. The highest BCUT2D eigenvalue weighted by Crippen LogP contribution is 2.28. The number of amides is 1. The Balaban J connectivity index is 2.57. The first-order chi connectivity index (χ1) is 12.6. The zero-order chi connectivity index (χ0) is 20.4. The van der Waals surface area contributed by atoms with E-state index in [1.54, 1.807) is 45.0 Å². The predicted molar refractivity (Wildman–Crippen MR) is 102 cm³/mol. The largest absolute Gasteiger partial charge is 0.493 e. The molecule has 27 heavy (non-hydrogen) atoms. The van der Waals surface area contributed by atoms with Gasteiger partial charge in [-0.3, -0.25) is 9.59 Å². The molecule has 0 saturated carbocycles. The van der Waals surface area contributed by atoms with Crippen LogP contribution in [0, 0.1) is 0 Å². The third-order valence-electron chi connectivity index (χ3n) is 3.10. The minimum atomic E-state index is -0.552. The van der Waals surface area contributed by atoms with Crippen LogP contribution in [0.25, 0.3) is 6.08 Å². The van der Waals surface area contributed by atoms with Gasteiger partial charge in [-0.2, -0.15) is 0 Å². The molecule has 0 fully saturated rings. The van der Waals surface area contributed by atoms with Gasteiger partial charge >= 0.3 is 6.09 Å². The summed E-state index contributed by atoms with van der Waals surface area (Å²) in [7, 11) is 1.51. The molecule has 0 saturated heterocycles. The van der Waals surface area contributed by atoms with Gasteiger partial charge in [-0.1, -0.05) is 12.1 Å². The van der Waals surface area contributed by atoms with Crippen molar-refractivity contribution in [2.75, 3.05) is 20.3 Å². The highest BCUT2D eigenvalue weighted by atomic mass is 16.6. The van der Waals surface area contributed by atoms with Gasteiger partial charge in [0.05, 0.1) is 20.1 Å². The Morgan fingerprint density at radius 2 is 1.85 bits per heavy atom. The number of ketones is 2. The van der Waals surface area contributed by atoms with Crippen molar-refractivity contribution in [3.05, 3.63) is 29.8 Å². The summed E-state index contributed by atoms with van der Waals surface area (Å²) in [4.78, 5) is 34.0. The van der Waals surface area contributed by atoms with E-state index in [-0.39, 0.29) is 31.1 Å². The van der Waals surface area contributed by atoms with E-state index in [1.807, 2.05) is 0 Å². The molecule has 1 amide bonds. The van der Waals surface area contributed by atoms with Gasteiger partial charge in [-0.25, -0.2) is 4.79 Å². The van der Waals surface area contributed by atoms with E-state index in [4.69, 9.17) is 14.2 Å². The number of ether oxygens (including phenoxy) is 3. The topological polar surface area (TPSA) is 90.9 Å². The SMILES string of the molecule is COc1cc(/C=C/C(=O)CC(C)=O)ccc1OCCNC(=O)OC(C)(C)C. The molecule has 0 aliphatic rings. The quantitative estimate of drug-likeness (QED) is 0.404. The second-order valence-corrected chi connectivity index (χ2v) is 6.87. The zero-order valence-electron chi connectivity index (χ0n) is 16.5. The van der Waals surface area contributed by atoms with Crippen molar-refractivity contribution < 1.29 is 28.6 Å². The normalized spacial score (nSPS) is 11.1. The van der Waals surface area contributed by atoms with Crippen LogP contribution >= 0.6 is 0 Å². The Kier molecular flexibility index (Phi) is 8.51. The third-order valence-corrected chi connectivity index (χ3v) is 3.10. The molecule has 0 aliphatic carbocycles. The van der Waals surface area contributed by atoms with Crippen LogP contribution in [0.2, 0.25) is 0 Å². The standard InChI is InChI=1S/C20H27NO6/c1-14(22)12-16(23)8-6-15-7-9-17(18(13-15)25-5)26-11-10-21-19(24)27-20(2,3)4/h6-9,13H,10-12H2,1-5H3,(H,21,24)/b8-6+. The average Bonchev–Trinajstić information content (AvgIpc) is 2.55. The summed E-state index contributed by atoms with van der Waals surface area (Å²) in [5, 5.41) is 2.60. The summed E-state index contributed by atoms with van der Waals surface area (Å²) < 4.78 is 16.0. The molecule has 148 valence electrons.